The van der Waals surface area contributed by atoms with E-state index in [1.165, 1.54) is 6.08 Å². The zero-order chi connectivity index (χ0) is 27.4. The fourth-order valence-corrected chi connectivity index (χ4v) is 9.84. The summed E-state index contributed by atoms with van der Waals surface area (Å²) in [6, 6.07) is 6.31. The molecule has 0 radical (unpaired) electrons. The molecule has 3 aliphatic rings. The first-order valence-corrected chi connectivity index (χ1v) is 15.2. The summed E-state index contributed by atoms with van der Waals surface area (Å²) in [4.78, 5) is 45.1. The van der Waals surface area contributed by atoms with Gasteiger partial charge in [0, 0.05) is 40.5 Å². The van der Waals surface area contributed by atoms with E-state index in [-0.39, 0.29) is 41.6 Å². The fourth-order valence-electron chi connectivity index (χ4n) is 6.12. The second-order valence-corrected chi connectivity index (χ2v) is 13.1. The maximum atomic E-state index is 14.5. The van der Waals surface area contributed by atoms with Gasteiger partial charge < -0.3 is 19.6 Å². The molecule has 4 rings (SSSR count). The van der Waals surface area contributed by atoms with Crippen LogP contribution in [0.25, 0.3) is 0 Å². The van der Waals surface area contributed by atoms with Gasteiger partial charge in [-0.15, -0.1) is 18.3 Å². The number of esters is 1. The number of carbonyl (C=O) groups excluding carboxylic acids is 3. The van der Waals surface area contributed by atoms with E-state index in [0.717, 1.165) is 12.8 Å². The number of amides is 2. The van der Waals surface area contributed by atoms with Crippen molar-refractivity contribution >= 4 is 62.8 Å². The summed E-state index contributed by atoms with van der Waals surface area (Å²) in [5.74, 6) is -2.03. The Morgan fingerprint density at radius 1 is 1.21 bits per heavy atom. The number of ether oxygens (including phenoxy) is 1. The molecule has 1 aromatic carbocycles. The van der Waals surface area contributed by atoms with E-state index in [4.69, 9.17) is 21.4 Å². The molecule has 2 bridgehead atoms. The number of likely N-dealkylation sites (tertiary alicyclic amines) is 1. The number of hydrogen-bond acceptors (Lipinski definition) is 6. The maximum absolute atomic E-state index is 14.5. The molecule has 2 amide bonds. The molecule has 10 heteroatoms. The van der Waals surface area contributed by atoms with Crippen molar-refractivity contribution < 1.29 is 24.2 Å². The Balaban J connectivity index is 1.72. The largest absolute Gasteiger partial charge is 0.461 e. The predicted octanol–water partition coefficient (Wildman–Crippen LogP) is 4.61. The number of benzene rings is 1. The van der Waals surface area contributed by atoms with Crippen molar-refractivity contribution in [2.24, 2.45) is 11.8 Å². The molecular formula is C28H34BrClN2O5S. The van der Waals surface area contributed by atoms with Gasteiger partial charge in [0.25, 0.3) is 5.91 Å². The molecule has 0 saturated carbocycles. The SMILES string of the molecule is C=CCOC(=O)[C@H]1[C@H]2C(=O)N(CCCCCCO)C(C(=O)N(CC=C)c3ccc(Cl)cc3)C23CC(Br)[C@@H]1S3. The topological polar surface area (TPSA) is 87.1 Å². The van der Waals surface area contributed by atoms with Gasteiger partial charge >= 0.3 is 5.97 Å². The summed E-state index contributed by atoms with van der Waals surface area (Å²) < 4.78 is 4.70. The van der Waals surface area contributed by atoms with Gasteiger partial charge in [0.15, 0.2) is 0 Å². The third kappa shape index (κ3) is 5.31. The van der Waals surface area contributed by atoms with E-state index >= 15 is 0 Å². The number of unbranched alkanes of at least 4 members (excludes halogenated alkanes) is 3. The lowest BCUT2D eigenvalue weighted by Crippen LogP contribution is -2.55. The second-order valence-electron chi connectivity index (χ2n) is 9.97. The highest BCUT2D eigenvalue weighted by molar-refractivity contribution is 9.09. The molecular weight excluding hydrogens is 592 g/mol. The average Bonchev–Trinajstić information content (AvgIpc) is 3.49. The van der Waals surface area contributed by atoms with E-state index < -0.39 is 28.6 Å². The monoisotopic (exact) mass is 624 g/mol. The van der Waals surface area contributed by atoms with Crippen LogP contribution in [0.5, 0.6) is 0 Å². The lowest BCUT2D eigenvalue weighted by atomic mass is 9.71. The van der Waals surface area contributed by atoms with Crippen LogP contribution in [0.2, 0.25) is 5.02 Å². The van der Waals surface area contributed by atoms with Gasteiger partial charge in [0.1, 0.15) is 12.6 Å². The van der Waals surface area contributed by atoms with E-state index in [1.807, 2.05) is 0 Å². The number of thioether (sulfide) groups is 1. The van der Waals surface area contributed by atoms with E-state index in [1.54, 1.807) is 51.9 Å². The number of aliphatic hydroxyl groups excluding tert-OH is 1. The highest BCUT2D eigenvalue weighted by atomic mass is 79.9. The fraction of sp³-hybridized carbons (Fsp3) is 0.536. The van der Waals surface area contributed by atoms with Crippen molar-refractivity contribution in [3.05, 3.63) is 54.6 Å². The highest BCUT2D eigenvalue weighted by Gasteiger charge is 2.76. The van der Waals surface area contributed by atoms with E-state index in [9.17, 15) is 14.4 Å². The Morgan fingerprint density at radius 3 is 2.58 bits per heavy atom. The minimum Gasteiger partial charge on any atom is -0.461 e. The predicted molar refractivity (Wildman–Crippen MR) is 155 cm³/mol. The van der Waals surface area contributed by atoms with Crippen LogP contribution in [0.3, 0.4) is 0 Å². The average molecular weight is 626 g/mol. The van der Waals surface area contributed by atoms with Crippen molar-refractivity contribution in [1.82, 2.24) is 4.90 Å². The van der Waals surface area contributed by atoms with Crippen molar-refractivity contribution in [2.75, 3.05) is 31.2 Å². The van der Waals surface area contributed by atoms with Crippen molar-refractivity contribution in [1.29, 1.82) is 0 Å². The first-order valence-electron chi connectivity index (χ1n) is 13.0. The molecule has 6 atom stereocenters. The van der Waals surface area contributed by atoms with Crippen molar-refractivity contribution in [3.8, 4) is 0 Å². The summed E-state index contributed by atoms with van der Waals surface area (Å²) >= 11 is 11.5. The summed E-state index contributed by atoms with van der Waals surface area (Å²) in [6.45, 7) is 8.37. The van der Waals surface area contributed by atoms with Crippen LogP contribution in [0.1, 0.15) is 32.1 Å². The zero-order valence-corrected chi connectivity index (χ0v) is 24.4. The number of alkyl halides is 1. The number of anilines is 1. The van der Waals surface area contributed by atoms with Gasteiger partial charge in [-0.25, -0.2) is 0 Å². The highest BCUT2D eigenvalue weighted by Crippen LogP contribution is 2.68. The number of carbonyl (C=O) groups is 3. The molecule has 38 heavy (non-hydrogen) atoms. The Labute approximate surface area is 241 Å². The number of rotatable bonds is 13. The Hall–Kier alpha value is -1.81. The van der Waals surface area contributed by atoms with Crippen LogP contribution in [0, 0.1) is 11.8 Å². The smallest absolute Gasteiger partial charge is 0.311 e. The number of halogens is 2. The molecule has 3 fully saturated rings. The molecule has 0 aliphatic carbocycles. The molecule has 1 N–H and O–H groups in total. The summed E-state index contributed by atoms with van der Waals surface area (Å²) in [6.07, 6.45) is 6.86. The minimum atomic E-state index is -0.748. The molecule has 1 aromatic rings. The number of aliphatic hydroxyl groups is 1. The lowest BCUT2D eigenvalue weighted by Gasteiger charge is -2.37. The van der Waals surface area contributed by atoms with Gasteiger partial charge in [0.2, 0.25) is 5.91 Å². The van der Waals surface area contributed by atoms with E-state index in [0.29, 0.717) is 36.5 Å². The third-order valence-electron chi connectivity index (χ3n) is 7.66. The molecule has 3 saturated heterocycles. The first kappa shape index (κ1) is 29.2. The zero-order valence-electron chi connectivity index (χ0n) is 21.3. The van der Waals surface area contributed by atoms with Gasteiger partial charge in [-0.3, -0.25) is 14.4 Å². The van der Waals surface area contributed by atoms with Crippen LogP contribution in [0.4, 0.5) is 5.69 Å². The summed E-state index contributed by atoms with van der Waals surface area (Å²) in [5.41, 5.74) is 0.671. The third-order valence-corrected chi connectivity index (χ3v) is 11.1. The van der Waals surface area contributed by atoms with Gasteiger partial charge in [-0.2, -0.15) is 0 Å². The Morgan fingerprint density at radius 2 is 1.92 bits per heavy atom. The number of fused-ring (bicyclic) bond motifs is 1. The van der Waals surface area contributed by atoms with Crippen LogP contribution in [0.15, 0.2) is 49.6 Å². The van der Waals surface area contributed by atoms with Gasteiger partial charge in [0.05, 0.1) is 16.6 Å². The van der Waals surface area contributed by atoms with Gasteiger partial charge in [-0.05, 0) is 43.5 Å². The standard InChI is InChI=1S/C28H34BrClN2O5S/c1-3-13-31(19-11-9-18(30)10-12-19)26(35)24-28-17-20(29)23(38-28)21(27(36)37-16-4-2)22(28)25(34)32(24)14-7-5-6-8-15-33/h3-4,9-12,20-24,33H,1-2,5-8,13-17H2/t20?,21-,22-,23-,24?,28?/m0/s1. The van der Waals surface area contributed by atoms with Crippen LogP contribution >= 0.6 is 39.3 Å². The molecule has 0 aromatic heterocycles. The van der Waals surface area contributed by atoms with Crippen molar-refractivity contribution in [3.63, 3.8) is 0 Å². The molecule has 7 nitrogen and oxygen atoms in total. The second kappa shape index (κ2) is 12.6. The number of nitrogens with zero attached hydrogens (tertiary/aromatic N) is 2. The molecule has 3 heterocycles. The molecule has 1 spiro atoms. The van der Waals surface area contributed by atoms with Crippen LogP contribution in [-0.4, -0.2) is 75.0 Å². The van der Waals surface area contributed by atoms with Crippen LogP contribution in [-0.2, 0) is 19.1 Å². The van der Waals surface area contributed by atoms with Crippen molar-refractivity contribution in [2.45, 2.75) is 53.0 Å². The summed E-state index contributed by atoms with van der Waals surface area (Å²) in [7, 11) is 0. The quantitative estimate of drug-likeness (QED) is 0.149. The van der Waals surface area contributed by atoms with Gasteiger partial charge in [-0.1, -0.05) is 59.1 Å². The Bertz CT molecular complexity index is 1070. The molecule has 206 valence electrons. The number of hydrogen-bond donors (Lipinski definition) is 1. The minimum absolute atomic E-state index is 0.0268. The normalized spacial score (nSPS) is 29.3. The lowest BCUT2D eigenvalue weighted by molar-refractivity contribution is -0.153. The van der Waals surface area contributed by atoms with Crippen LogP contribution < -0.4 is 4.90 Å². The maximum Gasteiger partial charge on any atom is 0.311 e. The Kier molecular flexibility index (Phi) is 9.66. The molecule has 3 aliphatic heterocycles. The first-order chi connectivity index (χ1) is 18.3. The van der Waals surface area contributed by atoms with E-state index in [2.05, 4.69) is 29.1 Å². The summed E-state index contributed by atoms with van der Waals surface area (Å²) in [5, 5.41) is 9.53. The molecule has 3 unspecified atom stereocenters.